The third kappa shape index (κ3) is 6.59. The highest BCUT2D eigenvalue weighted by molar-refractivity contribution is 5.88. The second-order valence-electron chi connectivity index (χ2n) is 7.64. The molecule has 1 fully saturated rings. The lowest BCUT2D eigenvalue weighted by Crippen LogP contribution is -2.26. The standard InChI is InChI=1S/C18H17F3N6O2.C2HF3O2/c19-18(20,21)12-3-1-2-10(6-12)15-14(25-17(29-15)16(22)28)11-7-13(23-8-11)9-27-5-4-24-26-27;3-2(4,5)1(6)7/h1-6,11,13,23H,7-9H2,(H2,22,28);(H,6,7)/t11-,13+;/m1./s1. The van der Waals surface area contributed by atoms with Crippen molar-refractivity contribution in [3.05, 3.63) is 53.8 Å². The van der Waals surface area contributed by atoms with E-state index in [4.69, 9.17) is 20.1 Å². The lowest BCUT2D eigenvalue weighted by molar-refractivity contribution is -0.192. The van der Waals surface area contributed by atoms with Crippen molar-refractivity contribution in [2.75, 3.05) is 6.54 Å². The number of carbonyl (C=O) groups is 2. The van der Waals surface area contributed by atoms with Crippen LogP contribution in [0.3, 0.4) is 0 Å². The van der Waals surface area contributed by atoms with Gasteiger partial charge >= 0.3 is 24.2 Å². The summed E-state index contributed by atoms with van der Waals surface area (Å²) in [6.45, 7) is 1.10. The van der Waals surface area contributed by atoms with Crippen LogP contribution in [0.15, 0.2) is 41.1 Å². The number of benzene rings is 1. The molecule has 1 amide bonds. The van der Waals surface area contributed by atoms with Gasteiger partial charge in [-0.1, -0.05) is 17.3 Å². The molecule has 1 saturated heterocycles. The summed E-state index contributed by atoms with van der Waals surface area (Å²) in [5, 5.41) is 18.1. The number of alkyl halides is 6. The van der Waals surface area contributed by atoms with E-state index in [2.05, 4.69) is 20.6 Å². The quantitative estimate of drug-likeness (QED) is 0.435. The Morgan fingerprint density at radius 2 is 1.92 bits per heavy atom. The zero-order valence-corrected chi connectivity index (χ0v) is 18.0. The molecule has 2 aromatic heterocycles. The fourth-order valence-electron chi connectivity index (χ4n) is 3.48. The van der Waals surface area contributed by atoms with Gasteiger partial charge < -0.3 is 20.6 Å². The van der Waals surface area contributed by atoms with E-state index >= 15 is 0 Å². The van der Waals surface area contributed by atoms with Crippen molar-refractivity contribution in [1.82, 2.24) is 25.3 Å². The predicted molar refractivity (Wildman–Crippen MR) is 108 cm³/mol. The molecule has 0 unspecified atom stereocenters. The summed E-state index contributed by atoms with van der Waals surface area (Å²) in [5.41, 5.74) is 5.07. The van der Waals surface area contributed by atoms with Crippen molar-refractivity contribution in [2.24, 2.45) is 5.73 Å². The van der Waals surface area contributed by atoms with Gasteiger partial charge in [0.15, 0.2) is 5.76 Å². The van der Waals surface area contributed by atoms with Gasteiger partial charge in [0.25, 0.3) is 5.89 Å². The van der Waals surface area contributed by atoms with E-state index in [1.807, 2.05) is 0 Å². The number of rotatable bonds is 5. The van der Waals surface area contributed by atoms with Gasteiger partial charge in [-0.25, -0.2) is 9.78 Å². The van der Waals surface area contributed by atoms with Crippen LogP contribution in [0.25, 0.3) is 11.3 Å². The molecule has 1 aromatic carbocycles. The number of nitrogens with two attached hydrogens (primary N) is 1. The first-order valence-corrected chi connectivity index (χ1v) is 10.1. The van der Waals surface area contributed by atoms with Crippen LogP contribution < -0.4 is 11.1 Å². The highest BCUT2D eigenvalue weighted by Crippen LogP contribution is 2.37. The van der Waals surface area contributed by atoms with E-state index in [1.165, 1.54) is 12.1 Å². The van der Waals surface area contributed by atoms with Crippen molar-refractivity contribution >= 4 is 11.9 Å². The summed E-state index contributed by atoms with van der Waals surface area (Å²) >= 11 is 0. The molecule has 16 heteroatoms. The zero-order chi connectivity index (χ0) is 26.7. The maximum absolute atomic E-state index is 13.1. The fourth-order valence-corrected chi connectivity index (χ4v) is 3.48. The molecule has 4 rings (SSSR count). The van der Waals surface area contributed by atoms with E-state index in [0.29, 0.717) is 25.2 Å². The van der Waals surface area contributed by atoms with Crippen LogP contribution in [0.5, 0.6) is 0 Å². The summed E-state index contributed by atoms with van der Waals surface area (Å²) in [4.78, 5) is 24.7. The number of hydrogen-bond donors (Lipinski definition) is 3. The molecule has 2 atom stereocenters. The van der Waals surface area contributed by atoms with Crippen LogP contribution >= 0.6 is 0 Å². The second-order valence-corrected chi connectivity index (χ2v) is 7.64. The van der Waals surface area contributed by atoms with Crippen molar-refractivity contribution < 1.29 is 45.5 Å². The molecule has 4 N–H and O–H groups in total. The molecule has 1 aliphatic heterocycles. The zero-order valence-electron chi connectivity index (χ0n) is 18.0. The minimum atomic E-state index is -5.08. The highest BCUT2D eigenvalue weighted by atomic mass is 19.4. The number of nitrogens with one attached hydrogen (secondary N) is 1. The summed E-state index contributed by atoms with van der Waals surface area (Å²) in [5.74, 6) is -4.00. The average Bonchev–Trinajstić information content (AvgIpc) is 3.54. The lowest BCUT2D eigenvalue weighted by atomic mass is 9.97. The minimum absolute atomic E-state index is 0.0600. The minimum Gasteiger partial charge on any atom is -0.475 e. The maximum Gasteiger partial charge on any atom is 0.490 e. The number of oxazole rings is 1. The maximum atomic E-state index is 13.1. The largest absolute Gasteiger partial charge is 0.490 e. The smallest absolute Gasteiger partial charge is 0.475 e. The summed E-state index contributed by atoms with van der Waals surface area (Å²) in [6.07, 6.45) is -5.63. The molecule has 0 radical (unpaired) electrons. The molecular formula is C20H18F6N6O4. The highest BCUT2D eigenvalue weighted by Gasteiger charge is 2.38. The van der Waals surface area contributed by atoms with Gasteiger partial charge in [-0.3, -0.25) is 9.48 Å². The van der Waals surface area contributed by atoms with Crippen molar-refractivity contribution in [3.63, 3.8) is 0 Å². The van der Waals surface area contributed by atoms with Crippen LogP contribution in [-0.2, 0) is 17.5 Å². The van der Waals surface area contributed by atoms with E-state index in [9.17, 15) is 31.1 Å². The Balaban J connectivity index is 0.000000454. The van der Waals surface area contributed by atoms with Gasteiger partial charge in [-0.05, 0) is 18.6 Å². The van der Waals surface area contributed by atoms with Gasteiger partial charge in [0.2, 0.25) is 0 Å². The molecule has 0 aliphatic carbocycles. The molecule has 3 heterocycles. The molecule has 3 aromatic rings. The molecule has 36 heavy (non-hydrogen) atoms. The number of hydrogen-bond acceptors (Lipinski definition) is 7. The molecule has 10 nitrogen and oxygen atoms in total. The van der Waals surface area contributed by atoms with E-state index in [-0.39, 0.29) is 29.2 Å². The molecule has 0 saturated carbocycles. The second kappa shape index (κ2) is 10.3. The Kier molecular flexibility index (Phi) is 7.66. The van der Waals surface area contributed by atoms with E-state index < -0.39 is 29.8 Å². The van der Waals surface area contributed by atoms with Crippen LogP contribution in [0.4, 0.5) is 26.3 Å². The average molecular weight is 520 g/mol. The summed E-state index contributed by atoms with van der Waals surface area (Å²) in [6, 6.07) is 4.78. The van der Waals surface area contributed by atoms with Gasteiger partial charge in [0.1, 0.15) is 0 Å². The number of carboxylic acids is 1. The number of halogens is 6. The molecule has 0 bridgehead atoms. The lowest BCUT2D eigenvalue weighted by Gasteiger charge is -2.11. The van der Waals surface area contributed by atoms with Crippen molar-refractivity contribution in [2.45, 2.75) is 37.3 Å². The Bertz CT molecular complexity index is 1210. The molecule has 194 valence electrons. The number of nitrogens with zero attached hydrogens (tertiary/aromatic N) is 4. The fraction of sp³-hybridized carbons (Fsp3) is 0.350. The number of primary amides is 1. The van der Waals surface area contributed by atoms with Crippen LogP contribution in [-0.4, -0.2) is 55.7 Å². The first-order chi connectivity index (χ1) is 16.8. The Labute approximate surface area is 198 Å². The summed E-state index contributed by atoms with van der Waals surface area (Å²) in [7, 11) is 0. The van der Waals surface area contributed by atoms with Gasteiger partial charge in [0, 0.05) is 30.3 Å². The molecular weight excluding hydrogens is 502 g/mol. The SMILES string of the molecule is NC(=O)c1nc([C@H]2CN[C@H](Cn3ccnn3)C2)c(-c2cccc(C(F)(F)F)c2)o1.O=C(O)C(F)(F)F. The van der Waals surface area contributed by atoms with Crippen molar-refractivity contribution in [3.8, 4) is 11.3 Å². The number of aliphatic carboxylic acids is 1. The Morgan fingerprint density at radius 3 is 2.47 bits per heavy atom. The van der Waals surface area contributed by atoms with Crippen LogP contribution in [0, 0.1) is 0 Å². The first-order valence-electron chi connectivity index (χ1n) is 10.1. The predicted octanol–water partition coefficient (Wildman–Crippen LogP) is 2.83. The van der Waals surface area contributed by atoms with Crippen molar-refractivity contribution in [1.29, 1.82) is 0 Å². The first kappa shape index (κ1) is 26.7. The van der Waals surface area contributed by atoms with Crippen LogP contribution in [0.1, 0.15) is 34.3 Å². The van der Waals surface area contributed by atoms with E-state index in [1.54, 1.807) is 17.1 Å². The molecule has 0 spiro atoms. The third-order valence-electron chi connectivity index (χ3n) is 5.05. The number of aromatic nitrogens is 4. The number of amides is 1. The molecule has 1 aliphatic rings. The Hall–Kier alpha value is -3.95. The third-order valence-corrected chi connectivity index (χ3v) is 5.05. The number of carbonyl (C=O) groups excluding carboxylic acids is 1. The van der Waals surface area contributed by atoms with Gasteiger partial charge in [-0.2, -0.15) is 26.3 Å². The Morgan fingerprint density at radius 1 is 1.22 bits per heavy atom. The van der Waals surface area contributed by atoms with E-state index in [0.717, 1.165) is 12.1 Å². The number of carboxylic acid groups (broad SMARTS) is 1. The van der Waals surface area contributed by atoms with Gasteiger partial charge in [0.05, 0.1) is 24.0 Å². The normalized spacial score (nSPS) is 17.9. The monoisotopic (exact) mass is 520 g/mol. The topological polar surface area (TPSA) is 149 Å². The van der Waals surface area contributed by atoms with Crippen LogP contribution in [0.2, 0.25) is 0 Å². The summed E-state index contributed by atoms with van der Waals surface area (Å²) < 4.78 is 78.2. The van der Waals surface area contributed by atoms with Gasteiger partial charge in [-0.15, -0.1) is 5.10 Å².